The van der Waals surface area contributed by atoms with E-state index in [1.807, 2.05) is 0 Å². The summed E-state index contributed by atoms with van der Waals surface area (Å²) in [5.74, 6) is 0.593. The summed E-state index contributed by atoms with van der Waals surface area (Å²) in [6.07, 6.45) is 3.24. The van der Waals surface area contributed by atoms with Crippen LogP contribution < -0.4 is 0 Å². The lowest BCUT2D eigenvalue weighted by molar-refractivity contribution is 0.875. The van der Waals surface area contributed by atoms with E-state index >= 15 is 0 Å². The van der Waals surface area contributed by atoms with Crippen molar-refractivity contribution in [2.45, 2.75) is 33.1 Å². The summed E-state index contributed by atoms with van der Waals surface area (Å²) in [6.45, 7) is 6.67. The lowest BCUT2D eigenvalue weighted by Crippen LogP contribution is -1.85. The molecule has 1 aromatic heterocycles. The van der Waals surface area contributed by atoms with E-state index in [1.165, 1.54) is 22.0 Å². The molecular formula is C13H17N. The van der Waals surface area contributed by atoms with Crippen LogP contribution in [0.15, 0.2) is 24.4 Å². The van der Waals surface area contributed by atoms with E-state index in [0.29, 0.717) is 5.92 Å². The Hall–Kier alpha value is -1.24. The molecule has 14 heavy (non-hydrogen) atoms. The quantitative estimate of drug-likeness (QED) is 0.735. The van der Waals surface area contributed by atoms with Crippen molar-refractivity contribution in [1.82, 2.24) is 4.98 Å². The highest BCUT2D eigenvalue weighted by Gasteiger charge is 2.06. The van der Waals surface area contributed by atoms with Crippen LogP contribution in [0.3, 0.4) is 0 Å². The second-order valence-electron chi connectivity index (χ2n) is 4.13. The minimum Gasteiger partial charge on any atom is -0.361 e. The second-order valence-corrected chi connectivity index (χ2v) is 4.13. The third-order valence-electron chi connectivity index (χ3n) is 2.81. The van der Waals surface area contributed by atoms with Crippen molar-refractivity contribution >= 4 is 10.9 Å². The lowest BCUT2D eigenvalue weighted by atomic mass is 10.0. The van der Waals surface area contributed by atoms with Crippen LogP contribution in [0.25, 0.3) is 10.9 Å². The fourth-order valence-electron chi connectivity index (χ4n) is 1.89. The molecule has 0 saturated heterocycles. The molecule has 0 aliphatic heterocycles. The third-order valence-corrected chi connectivity index (χ3v) is 2.81. The van der Waals surface area contributed by atoms with Gasteiger partial charge in [0, 0.05) is 17.1 Å². The molecule has 0 amide bonds. The van der Waals surface area contributed by atoms with Crippen molar-refractivity contribution in [3.05, 3.63) is 35.5 Å². The first-order valence-corrected chi connectivity index (χ1v) is 5.32. The van der Waals surface area contributed by atoms with Gasteiger partial charge in [0.2, 0.25) is 0 Å². The molecule has 2 rings (SSSR count). The number of benzene rings is 1. The molecule has 74 valence electrons. The molecule has 0 atom stereocenters. The molecule has 0 aliphatic rings. The second kappa shape index (κ2) is 3.49. The topological polar surface area (TPSA) is 15.8 Å². The average Bonchev–Trinajstić information content (AvgIpc) is 2.59. The van der Waals surface area contributed by atoms with Crippen molar-refractivity contribution in [3.8, 4) is 0 Å². The van der Waals surface area contributed by atoms with E-state index in [9.17, 15) is 0 Å². The maximum absolute atomic E-state index is 3.32. The van der Waals surface area contributed by atoms with E-state index in [-0.39, 0.29) is 0 Å². The maximum atomic E-state index is 3.32. The number of aromatic amines is 1. The summed E-state index contributed by atoms with van der Waals surface area (Å²) in [5, 5.41) is 1.39. The number of aryl methyl sites for hydroxylation is 1. The van der Waals surface area contributed by atoms with Gasteiger partial charge in [-0.15, -0.1) is 0 Å². The Morgan fingerprint density at radius 2 is 2.07 bits per heavy atom. The normalized spacial score (nSPS) is 11.4. The van der Waals surface area contributed by atoms with Gasteiger partial charge in [0.25, 0.3) is 0 Å². The van der Waals surface area contributed by atoms with Gasteiger partial charge in [0.15, 0.2) is 0 Å². The molecule has 0 fully saturated rings. The predicted octanol–water partition coefficient (Wildman–Crippen LogP) is 3.85. The lowest BCUT2D eigenvalue weighted by Gasteiger charge is -2.03. The van der Waals surface area contributed by atoms with E-state index < -0.39 is 0 Å². The summed E-state index contributed by atoms with van der Waals surface area (Å²) in [4.78, 5) is 3.32. The van der Waals surface area contributed by atoms with E-state index in [4.69, 9.17) is 0 Å². The molecule has 0 radical (unpaired) electrons. The molecule has 1 heterocycles. The zero-order valence-corrected chi connectivity index (χ0v) is 9.09. The van der Waals surface area contributed by atoms with Gasteiger partial charge in [-0.2, -0.15) is 0 Å². The van der Waals surface area contributed by atoms with E-state index in [1.54, 1.807) is 0 Å². The van der Waals surface area contributed by atoms with Crippen LogP contribution in [0.1, 0.15) is 37.8 Å². The number of hydrogen-bond acceptors (Lipinski definition) is 0. The van der Waals surface area contributed by atoms with Gasteiger partial charge in [-0.1, -0.05) is 26.8 Å². The average molecular weight is 187 g/mol. The predicted molar refractivity (Wildman–Crippen MR) is 61.8 cm³/mol. The first-order chi connectivity index (χ1) is 6.72. The molecule has 0 spiro atoms. The Labute approximate surface area is 85.1 Å². The Morgan fingerprint density at radius 1 is 1.29 bits per heavy atom. The van der Waals surface area contributed by atoms with Crippen LogP contribution in [0, 0.1) is 0 Å². The Bertz CT molecular complexity index is 437. The SMILES string of the molecule is CCc1ccc2[nH]cc(C(C)C)c2c1. The Kier molecular flexibility index (Phi) is 2.32. The molecule has 0 bridgehead atoms. The Morgan fingerprint density at radius 3 is 2.71 bits per heavy atom. The van der Waals surface area contributed by atoms with Crippen molar-refractivity contribution in [2.24, 2.45) is 0 Å². The van der Waals surface area contributed by atoms with Gasteiger partial charge in [-0.25, -0.2) is 0 Å². The molecule has 0 saturated carbocycles. The van der Waals surface area contributed by atoms with Crippen LogP contribution >= 0.6 is 0 Å². The fourth-order valence-corrected chi connectivity index (χ4v) is 1.89. The van der Waals surface area contributed by atoms with E-state index in [2.05, 4.69) is 50.2 Å². The van der Waals surface area contributed by atoms with Crippen molar-refractivity contribution in [2.75, 3.05) is 0 Å². The standard InChI is InChI=1S/C13H17N/c1-4-10-5-6-13-11(7-10)12(8-14-13)9(2)3/h5-9,14H,4H2,1-3H3. The van der Waals surface area contributed by atoms with Crippen molar-refractivity contribution in [3.63, 3.8) is 0 Å². The van der Waals surface area contributed by atoms with Gasteiger partial charge in [0.05, 0.1) is 0 Å². The first kappa shape index (κ1) is 9.32. The fraction of sp³-hybridized carbons (Fsp3) is 0.385. The number of nitrogens with one attached hydrogen (secondary N) is 1. The smallest absolute Gasteiger partial charge is 0.0457 e. The Balaban J connectivity index is 2.63. The van der Waals surface area contributed by atoms with Crippen LogP contribution in [0.2, 0.25) is 0 Å². The monoisotopic (exact) mass is 187 g/mol. The van der Waals surface area contributed by atoms with Crippen molar-refractivity contribution < 1.29 is 0 Å². The summed E-state index contributed by atoms with van der Waals surface area (Å²) in [5.41, 5.74) is 4.10. The van der Waals surface area contributed by atoms with Crippen molar-refractivity contribution in [1.29, 1.82) is 0 Å². The summed E-state index contributed by atoms with van der Waals surface area (Å²) >= 11 is 0. The van der Waals surface area contributed by atoms with Gasteiger partial charge >= 0.3 is 0 Å². The number of aromatic nitrogens is 1. The molecular weight excluding hydrogens is 170 g/mol. The largest absolute Gasteiger partial charge is 0.361 e. The molecule has 0 unspecified atom stereocenters. The van der Waals surface area contributed by atoms with Crippen LogP contribution in [-0.4, -0.2) is 4.98 Å². The molecule has 1 nitrogen and oxygen atoms in total. The minimum atomic E-state index is 0.593. The number of rotatable bonds is 2. The highest BCUT2D eigenvalue weighted by atomic mass is 14.7. The van der Waals surface area contributed by atoms with Crippen LogP contribution in [-0.2, 0) is 6.42 Å². The van der Waals surface area contributed by atoms with Gasteiger partial charge in [-0.3, -0.25) is 0 Å². The summed E-state index contributed by atoms with van der Waals surface area (Å²) in [6, 6.07) is 6.68. The van der Waals surface area contributed by atoms with Crippen LogP contribution in [0.4, 0.5) is 0 Å². The van der Waals surface area contributed by atoms with Gasteiger partial charge < -0.3 is 4.98 Å². The number of fused-ring (bicyclic) bond motifs is 1. The number of hydrogen-bond donors (Lipinski definition) is 1. The molecule has 0 aliphatic carbocycles. The molecule has 1 aromatic carbocycles. The summed E-state index contributed by atoms with van der Waals surface area (Å²) < 4.78 is 0. The van der Waals surface area contributed by atoms with Crippen LogP contribution in [0.5, 0.6) is 0 Å². The highest BCUT2D eigenvalue weighted by molar-refractivity contribution is 5.84. The zero-order chi connectivity index (χ0) is 10.1. The zero-order valence-electron chi connectivity index (χ0n) is 9.09. The third kappa shape index (κ3) is 1.43. The highest BCUT2D eigenvalue weighted by Crippen LogP contribution is 2.25. The minimum absolute atomic E-state index is 0.593. The molecule has 1 N–H and O–H groups in total. The number of H-pyrrole nitrogens is 1. The molecule has 2 aromatic rings. The van der Waals surface area contributed by atoms with Gasteiger partial charge in [-0.05, 0) is 35.6 Å². The molecule has 1 heteroatoms. The summed E-state index contributed by atoms with van der Waals surface area (Å²) in [7, 11) is 0. The van der Waals surface area contributed by atoms with E-state index in [0.717, 1.165) is 6.42 Å². The maximum Gasteiger partial charge on any atom is 0.0457 e. The van der Waals surface area contributed by atoms with Gasteiger partial charge in [0.1, 0.15) is 0 Å². The first-order valence-electron chi connectivity index (χ1n) is 5.32.